The minimum Gasteiger partial charge on any atom is -0.507 e. The average molecular weight is 516 g/mol. The van der Waals surface area contributed by atoms with E-state index in [-0.39, 0.29) is 24.0 Å². The van der Waals surface area contributed by atoms with Crippen LogP contribution in [0.25, 0.3) is 5.76 Å². The molecule has 2 aliphatic heterocycles. The van der Waals surface area contributed by atoms with Gasteiger partial charge in [0.2, 0.25) is 0 Å². The van der Waals surface area contributed by atoms with Gasteiger partial charge in [0.05, 0.1) is 24.8 Å². The monoisotopic (exact) mass is 515 g/mol. The highest BCUT2D eigenvalue weighted by Crippen LogP contribution is 2.42. The number of aliphatic hydroxyl groups is 1. The van der Waals surface area contributed by atoms with Gasteiger partial charge >= 0.3 is 0 Å². The van der Waals surface area contributed by atoms with Crippen LogP contribution >= 0.6 is 0 Å². The molecule has 0 bridgehead atoms. The summed E-state index contributed by atoms with van der Waals surface area (Å²) in [6, 6.07) is 18.7. The van der Waals surface area contributed by atoms with E-state index in [4.69, 9.17) is 18.9 Å². The molecule has 38 heavy (non-hydrogen) atoms. The number of methoxy groups -OCH3 is 1. The van der Waals surface area contributed by atoms with Crippen molar-refractivity contribution in [3.63, 3.8) is 0 Å². The second-order valence-corrected chi connectivity index (χ2v) is 9.37. The van der Waals surface area contributed by atoms with E-state index in [0.29, 0.717) is 47.3 Å². The number of fused-ring (bicyclic) bond motifs is 1. The number of benzene rings is 3. The third-order valence-electron chi connectivity index (χ3n) is 6.41. The summed E-state index contributed by atoms with van der Waals surface area (Å²) in [6.45, 7) is 4.87. The Balaban J connectivity index is 1.57. The van der Waals surface area contributed by atoms with Crippen molar-refractivity contribution < 1.29 is 33.6 Å². The van der Waals surface area contributed by atoms with Crippen LogP contribution in [0, 0.1) is 0 Å². The Morgan fingerprint density at radius 3 is 2.42 bits per heavy atom. The maximum absolute atomic E-state index is 13.4. The van der Waals surface area contributed by atoms with E-state index in [9.17, 15) is 14.7 Å². The number of amides is 1. The van der Waals surface area contributed by atoms with Crippen molar-refractivity contribution in [2.75, 3.05) is 20.3 Å². The fourth-order valence-corrected chi connectivity index (χ4v) is 4.69. The van der Waals surface area contributed by atoms with Gasteiger partial charge in [-0.25, -0.2) is 0 Å². The van der Waals surface area contributed by atoms with E-state index in [1.54, 1.807) is 43.5 Å². The van der Waals surface area contributed by atoms with Crippen molar-refractivity contribution in [3.8, 4) is 23.0 Å². The van der Waals surface area contributed by atoms with Crippen LogP contribution in [0.1, 0.15) is 36.6 Å². The number of rotatable bonds is 7. The average Bonchev–Trinajstić information content (AvgIpc) is 3.18. The van der Waals surface area contributed by atoms with Crippen molar-refractivity contribution in [1.29, 1.82) is 0 Å². The minimum atomic E-state index is -0.829. The Kier molecular flexibility index (Phi) is 6.96. The molecule has 1 saturated heterocycles. The molecule has 1 N–H and O–H groups in total. The zero-order chi connectivity index (χ0) is 26.8. The molecule has 0 saturated carbocycles. The summed E-state index contributed by atoms with van der Waals surface area (Å²) in [4.78, 5) is 28.2. The lowest BCUT2D eigenvalue weighted by Crippen LogP contribution is -2.29. The van der Waals surface area contributed by atoms with E-state index in [2.05, 4.69) is 0 Å². The van der Waals surface area contributed by atoms with E-state index >= 15 is 0 Å². The first kappa shape index (κ1) is 25.2. The maximum Gasteiger partial charge on any atom is 0.295 e. The molecule has 2 heterocycles. The zero-order valence-electron chi connectivity index (χ0n) is 21.5. The predicted molar refractivity (Wildman–Crippen MR) is 140 cm³/mol. The summed E-state index contributed by atoms with van der Waals surface area (Å²) in [5.41, 5.74) is 1.81. The second kappa shape index (κ2) is 10.5. The van der Waals surface area contributed by atoms with E-state index in [0.717, 1.165) is 5.56 Å². The van der Waals surface area contributed by atoms with Gasteiger partial charge in [-0.15, -0.1) is 0 Å². The molecule has 2 aliphatic rings. The fraction of sp³-hybridized carbons (Fsp3) is 0.267. The maximum atomic E-state index is 13.4. The molecule has 1 amide bonds. The highest BCUT2D eigenvalue weighted by Gasteiger charge is 2.46. The highest BCUT2D eigenvalue weighted by molar-refractivity contribution is 6.46. The highest BCUT2D eigenvalue weighted by atomic mass is 16.6. The summed E-state index contributed by atoms with van der Waals surface area (Å²) in [6.07, 6.45) is 0.0345. The number of hydrogen-bond donors (Lipinski definition) is 1. The lowest BCUT2D eigenvalue weighted by Gasteiger charge is -2.26. The Bertz CT molecular complexity index is 1390. The number of likely N-dealkylation sites (tertiary alicyclic amines) is 1. The molecule has 0 aromatic heterocycles. The van der Waals surface area contributed by atoms with Crippen LogP contribution in [-0.4, -0.2) is 48.1 Å². The van der Waals surface area contributed by atoms with Crippen molar-refractivity contribution in [3.05, 3.63) is 89.0 Å². The smallest absolute Gasteiger partial charge is 0.295 e. The lowest BCUT2D eigenvalue weighted by molar-refractivity contribution is -0.140. The SMILES string of the molecule is COc1cccc(C2/C(=C(/O)c3ccc4c(c3)OCCO4)C(=O)C(=O)N2Cc2ccc(OC(C)C)cc2)c1. The summed E-state index contributed by atoms with van der Waals surface area (Å²) in [7, 11) is 1.55. The molecule has 0 aliphatic carbocycles. The predicted octanol–water partition coefficient (Wildman–Crippen LogP) is 4.88. The number of carbonyl (C=O) groups is 2. The Hall–Kier alpha value is -4.46. The van der Waals surface area contributed by atoms with E-state index in [1.165, 1.54) is 4.90 Å². The number of ketones is 1. The zero-order valence-corrected chi connectivity index (χ0v) is 21.5. The van der Waals surface area contributed by atoms with Crippen LogP contribution in [0.4, 0.5) is 0 Å². The van der Waals surface area contributed by atoms with Gasteiger partial charge in [-0.1, -0.05) is 24.3 Å². The molecule has 8 heteroatoms. The molecule has 1 atom stereocenters. The second-order valence-electron chi connectivity index (χ2n) is 9.37. The number of ether oxygens (including phenoxy) is 4. The van der Waals surface area contributed by atoms with Gasteiger partial charge in [-0.3, -0.25) is 9.59 Å². The molecule has 8 nitrogen and oxygen atoms in total. The summed E-state index contributed by atoms with van der Waals surface area (Å²) >= 11 is 0. The molecule has 0 spiro atoms. The van der Waals surface area contributed by atoms with Crippen LogP contribution in [-0.2, 0) is 16.1 Å². The number of carbonyl (C=O) groups excluding carboxylic acids is 2. The molecular formula is C30H29NO7. The standard InChI is InChI=1S/C30H29NO7/c1-18(2)38-22-10-7-19(8-11-22)17-31-27(20-5-4-6-23(15-20)35-3)26(29(33)30(31)34)28(32)21-9-12-24-25(16-21)37-14-13-36-24/h4-12,15-16,18,27,32H,13-14,17H2,1-3H3/b28-26-. The molecule has 1 fully saturated rings. The summed E-state index contributed by atoms with van der Waals surface area (Å²) < 4.78 is 22.3. The first-order chi connectivity index (χ1) is 18.4. The number of hydrogen-bond acceptors (Lipinski definition) is 7. The summed E-state index contributed by atoms with van der Waals surface area (Å²) in [5, 5.41) is 11.4. The van der Waals surface area contributed by atoms with Crippen molar-refractivity contribution in [1.82, 2.24) is 4.90 Å². The Labute approximate surface area is 221 Å². The van der Waals surface area contributed by atoms with Crippen molar-refractivity contribution >= 4 is 17.4 Å². The quantitative estimate of drug-likeness (QED) is 0.272. The normalized spacial score (nSPS) is 18.1. The van der Waals surface area contributed by atoms with Gasteiger partial charge in [0.1, 0.15) is 30.5 Å². The summed E-state index contributed by atoms with van der Waals surface area (Å²) in [5.74, 6) is 0.579. The first-order valence-electron chi connectivity index (χ1n) is 12.4. The molecule has 196 valence electrons. The first-order valence-corrected chi connectivity index (χ1v) is 12.4. The van der Waals surface area contributed by atoms with Gasteiger partial charge in [0.15, 0.2) is 11.5 Å². The van der Waals surface area contributed by atoms with Crippen LogP contribution in [0.2, 0.25) is 0 Å². The van der Waals surface area contributed by atoms with Gasteiger partial charge in [-0.2, -0.15) is 0 Å². The van der Waals surface area contributed by atoms with Crippen molar-refractivity contribution in [2.45, 2.75) is 32.5 Å². The molecule has 1 unspecified atom stereocenters. The number of nitrogens with zero attached hydrogens (tertiary/aromatic N) is 1. The Morgan fingerprint density at radius 2 is 1.71 bits per heavy atom. The lowest BCUT2D eigenvalue weighted by atomic mass is 9.95. The van der Waals surface area contributed by atoms with Gasteiger partial charge in [-0.05, 0) is 67.4 Å². The van der Waals surface area contributed by atoms with Gasteiger partial charge in [0.25, 0.3) is 11.7 Å². The van der Waals surface area contributed by atoms with Crippen LogP contribution in [0.3, 0.4) is 0 Å². The third-order valence-corrected chi connectivity index (χ3v) is 6.41. The molecule has 3 aromatic rings. The molecule has 0 radical (unpaired) electrons. The Morgan fingerprint density at radius 1 is 0.974 bits per heavy atom. The minimum absolute atomic E-state index is 0.000285. The van der Waals surface area contributed by atoms with Crippen LogP contribution in [0.5, 0.6) is 23.0 Å². The largest absolute Gasteiger partial charge is 0.507 e. The van der Waals surface area contributed by atoms with Crippen molar-refractivity contribution in [2.24, 2.45) is 0 Å². The van der Waals surface area contributed by atoms with Gasteiger partial charge in [0, 0.05) is 12.1 Å². The van der Waals surface area contributed by atoms with E-state index in [1.807, 2.05) is 44.2 Å². The number of aliphatic hydroxyl groups excluding tert-OH is 1. The molecular weight excluding hydrogens is 486 g/mol. The van der Waals surface area contributed by atoms with Crippen LogP contribution in [0.15, 0.2) is 72.3 Å². The third kappa shape index (κ3) is 4.89. The molecule has 3 aromatic carbocycles. The number of Topliss-reactive ketones (excluding diaryl/α,β-unsaturated/α-hetero) is 1. The fourth-order valence-electron chi connectivity index (χ4n) is 4.69. The van der Waals surface area contributed by atoms with E-state index < -0.39 is 17.7 Å². The van der Waals surface area contributed by atoms with Crippen LogP contribution < -0.4 is 18.9 Å². The van der Waals surface area contributed by atoms with Gasteiger partial charge < -0.3 is 29.0 Å². The topological polar surface area (TPSA) is 94.5 Å². The molecule has 5 rings (SSSR count).